The maximum atomic E-state index is 12.9. The van der Waals surface area contributed by atoms with Gasteiger partial charge in [-0.15, -0.1) is 0 Å². The molecule has 6 heteroatoms. The smallest absolute Gasteiger partial charge is 0.319 e. The fourth-order valence-corrected chi connectivity index (χ4v) is 3.29. The van der Waals surface area contributed by atoms with Crippen molar-refractivity contribution in [2.45, 2.75) is 12.5 Å². The van der Waals surface area contributed by atoms with Crippen LogP contribution in [0.5, 0.6) is 0 Å². The average Bonchev–Trinajstić information content (AvgIpc) is 2.97. The summed E-state index contributed by atoms with van der Waals surface area (Å²) in [5, 5.41) is 5.63. The van der Waals surface area contributed by atoms with Crippen molar-refractivity contribution < 1.29 is 9.18 Å². The van der Waals surface area contributed by atoms with Gasteiger partial charge >= 0.3 is 6.03 Å². The van der Waals surface area contributed by atoms with Crippen molar-refractivity contribution in [1.29, 1.82) is 0 Å². The predicted molar refractivity (Wildman–Crippen MR) is 103 cm³/mol. The molecule has 0 radical (unpaired) electrons. The zero-order chi connectivity index (χ0) is 18.7. The number of anilines is 2. The second-order valence-electron chi connectivity index (χ2n) is 6.88. The molecule has 1 aliphatic rings. The Morgan fingerprint density at radius 1 is 1.23 bits per heavy atom. The van der Waals surface area contributed by atoms with Gasteiger partial charge in [-0.25, -0.2) is 9.18 Å². The Labute approximate surface area is 153 Å². The van der Waals surface area contributed by atoms with Crippen molar-refractivity contribution in [3.63, 3.8) is 0 Å². The number of hydrogen-bond donors (Lipinski definition) is 2. The molecule has 0 saturated heterocycles. The molecule has 0 aliphatic carbocycles. The van der Waals surface area contributed by atoms with E-state index < -0.39 is 0 Å². The number of nitrogens with one attached hydrogen (secondary N) is 2. The summed E-state index contributed by atoms with van der Waals surface area (Å²) in [7, 11) is 6.11. The average molecular weight is 356 g/mol. The second kappa shape index (κ2) is 7.74. The number of benzene rings is 2. The molecule has 1 atom stereocenters. The number of likely N-dealkylation sites (N-methyl/N-ethyl adjacent to an activating group) is 2. The van der Waals surface area contributed by atoms with E-state index in [1.54, 1.807) is 0 Å². The fourth-order valence-electron chi connectivity index (χ4n) is 3.29. The minimum Gasteiger partial charge on any atom is -0.374 e. The van der Waals surface area contributed by atoms with Crippen LogP contribution >= 0.6 is 0 Å². The highest BCUT2D eigenvalue weighted by Gasteiger charge is 2.20. The maximum absolute atomic E-state index is 12.9. The molecular formula is C20H25FN4O. The number of carbonyl (C=O) groups excluding carboxylic acids is 1. The van der Waals surface area contributed by atoms with Crippen molar-refractivity contribution in [3.8, 4) is 0 Å². The number of rotatable bonds is 5. The quantitative estimate of drug-likeness (QED) is 0.865. The first kappa shape index (κ1) is 18.2. The highest BCUT2D eigenvalue weighted by molar-refractivity contribution is 5.89. The van der Waals surface area contributed by atoms with E-state index in [0.717, 1.165) is 13.0 Å². The van der Waals surface area contributed by atoms with Gasteiger partial charge in [-0.1, -0.05) is 12.1 Å². The summed E-state index contributed by atoms with van der Waals surface area (Å²) in [6, 6.07) is 12.0. The first-order valence-corrected chi connectivity index (χ1v) is 8.75. The third kappa shape index (κ3) is 4.14. The van der Waals surface area contributed by atoms with Gasteiger partial charge in [0.05, 0.1) is 6.04 Å². The molecule has 1 heterocycles. The molecule has 26 heavy (non-hydrogen) atoms. The van der Waals surface area contributed by atoms with Gasteiger partial charge in [-0.2, -0.15) is 0 Å². The first-order valence-electron chi connectivity index (χ1n) is 8.75. The zero-order valence-electron chi connectivity index (χ0n) is 15.4. The van der Waals surface area contributed by atoms with Gasteiger partial charge in [0.15, 0.2) is 0 Å². The van der Waals surface area contributed by atoms with Gasteiger partial charge in [0, 0.05) is 31.5 Å². The lowest BCUT2D eigenvalue weighted by atomic mass is 10.0. The molecule has 0 aromatic heterocycles. The molecule has 0 bridgehead atoms. The number of hydrogen-bond acceptors (Lipinski definition) is 3. The van der Waals surface area contributed by atoms with E-state index in [0.29, 0.717) is 12.2 Å². The van der Waals surface area contributed by atoms with E-state index in [1.807, 2.05) is 14.1 Å². The SMILES string of the molecule is CN1CCc2cc([C@@H](CNC(=O)Nc3ccc(F)cc3)N(C)C)ccc21. The number of fused-ring (bicyclic) bond motifs is 1. The van der Waals surface area contributed by atoms with Crippen LogP contribution in [0.1, 0.15) is 17.2 Å². The number of urea groups is 1. The van der Waals surface area contributed by atoms with Crippen molar-refractivity contribution in [2.24, 2.45) is 0 Å². The summed E-state index contributed by atoms with van der Waals surface area (Å²) in [6.07, 6.45) is 1.05. The van der Waals surface area contributed by atoms with E-state index in [9.17, 15) is 9.18 Å². The van der Waals surface area contributed by atoms with Gasteiger partial charge in [0.25, 0.3) is 0 Å². The third-order valence-corrected chi connectivity index (χ3v) is 4.80. The Bertz CT molecular complexity index is 776. The summed E-state index contributed by atoms with van der Waals surface area (Å²) in [4.78, 5) is 16.5. The molecular weight excluding hydrogens is 331 g/mol. The topological polar surface area (TPSA) is 47.6 Å². The minimum absolute atomic E-state index is 0.0742. The van der Waals surface area contributed by atoms with Gasteiger partial charge in [0.2, 0.25) is 0 Å². The van der Waals surface area contributed by atoms with Crippen LogP contribution in [-0.4, -0.2) is 45.2 Å². The molecule has 138 valence electrons. The van der Waals surface area contributed by atoms with Crippen molar-refractivity contribution in [1.82, 2.24) is 10.2 Å². The number of halogens is 1. The van der Waals surface area contributed by atoms with Gasteiger partial charge in [0.1, 0.15) is 5.82 Å². The standard InChI is InChI=1S/C20H25FN4O/c1-24(2)19(14-4-9-18-15(12-14)10-11-25(18)3)13-22-20(26)23-17-7-5-16(21)6-8-17/h4-9,12,19H,10-11,13H2,1-3H3,(H2,22,23,26)/t19-/m1/s1. The van der Waals surface area contributed by atoms with E-state index in [4.69, 9.17) is 0 Å². The van der Waals surface area contributed by atoms with Crippen LogP contribution in [0.15, 0.2) is 42.5 Å². The van der Waals surface area contributed by atoms with Gasteiger partial charge in [-0.3, -0.25) is 0 Å². The highest BCUT2D eigenvalue weighted by atomic mass is 19.1. The van der Waals surface area contributed by atoms with Crippen LogP contribution < -0.4 is 15.5 Å². The van der Waals surface area contributed by atoms with Crippen LogP contribution in [0.2, 0.25) is 0 Å². The predicted octanol–water partition coefficient (Wildman–Crippen LogP) is 3.24. The molecule has 2 amide bonds. The first-order chi connectivity index (χ1) is 12.4. The Balaban J connectivity index is 1.64. The largest absolute Gasteiger partial charge is 0.374 e. The van der Waals surface area contributed by atoms with Crippen molar-refractivity contribution in [3.05, 3.63) is 59.4 Å². The van der Waals surface area contributed by atoms with Gasteiger partial charge in [-0.05, 0) is 62.0 Å². The lowest BCUT2D eigenvalue weighted by molar-refractivity contribution is 0.243. The maximum Gasteiger partial charge on any atom is 0.319 e. The third-order valence-electron chi connectivity index (χ3n) is 4.80. The fraction of sp³-hybridized carbons (Fsp3) is 0.350. The molecule has 5 nitrogen and oxygen atoms in total. The molecule has 0 fully saturated rings. The van der Waals surface area contributed by atoms with Crippen LogP contribution in [0, 0.1) is 5.82 Å². The summed E-state index contributed by atoms with van der Waals surface area (Å²) in [5.41, 5.74) is 4.39. The lowest BCUT2D eigenvalue weighted by Gasteiger charge is -2.26. The van der Waals surface area contributed by atoms with Crippen molar-refractivity contribution in [2.75, 3.05) is 44.4 Å². The summed E-state index contributed by atoms with van der Waals surface area (Å²) in [5.74, 6) is -0.328. The van der Waals surface area contributed by atoms with E-state index in [-0.39, 0.29) is 17.9 Å². The van der Waals surface area contributed by atoms with Gasteiger partial charge < -0.3 is 20.4 Å². The highest BCUT2D eigenvalue weighted by Crippen LogP contribution is 2.30. The Morgan fingerprint density at radius 2 is 1.96 bits per heavy atom. The van der Waals surface area contributed by atoms with E-state index >= 15 is 0 Å². The molecule has 1 aliphatic heterocycles. The van der Waals surface area contributed by atoms with E-state index in [2.05, 4.69) is 45.7 Å². The molecule has 0 unspecified atom stereocenters. The Morgan fingerprint density at radius 3 is 2.65 bits per heavy atom. The van der Waals surface area contributed by atoms with Crippen LogP contribution in [-0.2, 0) is 6.42 Å². The monoisotopic (exact) mass is 356 g/mol. The summed E-state index contributed by atoms with van der Waals surface area (Å²) < 4.78 is 12.9. The Hall–Kier alpha value is -2.60. The molecule has 0 saturated carbocycles. The Kier molecular flexibility index (Phi) is 5.42. The summed E-state index contributed by atoms with van der Waals surface area (Å²) >= 11 is 0. The summed E-state index contributed by atoms with van der Waals surface area (Å²) in [6.45, 7) is 1.53. The minimum atomic E-state index is -0.328. The lowest BCUT2D eigenvalue weighted by Crippen LogP contribution is -2.36. The molecule has 3 rings (SSSR count). The molecule has 0 spiro atoms. The number of carbonyl (C=O) groups is 1. The van der Waals surface area contributed by atoms with E-state index in [1.165, 1.54) is 41.1 Å². The van der Waals surface area contributed by atoms with Crippen LogP contribution in [0.3, 0.4) is 0 Å². The zero-order valence-corrected chi connectivity index (χ0v) is 15.4. The van der Waals surface area contributed by atoms with Crippen LogP contribution in [0.25, 0.3) is 0 Å². The number of amides is 2. The van der Waals surface area contributed by atoms with Crippen molar-refractivity contribution >= 4 is 17.4 Å². The molecule has 2 N–H and O–H groups in total. The molecule has 2 aromatic rings. The number of nitrogens with zero attached hydrogens (tertiary/aromatic N) is 2. The normalized spacial score (nSPS) is 14.3. The second-order valence-corrected chi connectivity index (χ2v) is 6.88. The molecule has 2 aromatic carbocycles. The van der Waals surface area contributed by atoms with Crippen LogP contribution in [0.4, 0.5) is 20.6 Å².